The van der Waals surface area contributed by atoms with Crippen LogP contribution in [0.25, 0.3) is 11.2 Å². The Bertz CT molecular complexity index is 1570. The predicted octanol–water partition coefficient (Wildman–Crippen LogP) is 2.79. The molecule has 3 aliphatic carbocycles. The lowest BCUT2D eigenvalue weighted by molar-refractivity contribution is 0.0697. The summed E-state index contributed by atoms with van der Waals surface area (Å²) in [5, 5.41) is 10.8. The smallest absolute Gasteiger partial charge is 0.347 e. The number of carbonyl (C=O) groups is 1. The highest BCUT2D eigenvalue weighted by Crippen LogP contribution is 2.53. The van der Waals surface area contributed by atoms with E-state index in [4.69, 9.17) is 4.98 Å². The molecule has 0 atom stereocenters. The van der Waals surface area contributed by atoms with E-state index in [2.05, 4.69) is 9.71 Å². The molecule has 0 spiro atoms. The number of H-pyrrole nitrogens is 1. The van der Waals surface area contributed by atoms with Gasteiger partial charge in [0.05, 0.1) is 0 Å². The van der Waals surface area contributed by atoms with Crippen LogP contribution >= 0.6 is 11.3 Å². The van der Waals surface area contributed by atoms with Crippen molar-refractivity contribution in [2.75, 3.05) is 0 Å². The fraction of sp³-hybridized carbons (Fsp3) is 0.583. The molecule has 0 unspecified atom stereocenters. The second-order valence-corrected chi connectivity index (χ2v) is 12.8. The van der Waals surface area contributed by atoms with Crippen molar-refractivity contribution in [1.29, 1.82) is 0 Å². The first-order valence-corrected chi connectivity index (χ1v) is 15.0. The number of thiophene rings is 1. The number of aromatic amines is 1. The van der Waals surface area contributed by atoms with Gasteiger partial charge in [-0.05, 0) is 62.8 Å². The first kappa shape index (κ1) is 25.9. The van der Waals surface area contributed by atoms with Crippen LogP contribution < -0.4 is 16.0 Å². The number of nitrogens with zero attached hydrogens (tertiary/aromatic N) is 3. The molecular formula is C24H31N5O6S2. The second kappa shape index (κ2) is 9.21. The Kier molecular flexibility index (Phi) is 6.44. The molecule has 0 amide bonds. The Morgan fingerprint density at radius 3 is 2.32 bits per heavy atom. The highest BCUT2D eigenvalue weighted by molar-refractivity contribution is 7.89. The van der Waals surface area contributed by atoms with E-state index in [1.54, 1.807) is 4.57 Å². The molecule has 3 aromatic rings. The summed E-state index contributed by atoms with van der Waals surface area (Å²) in [5.41, 5.74) is -0.962. The quantitative estimate of drug-likeness (QED) is 0.370. The summed E-state index contributed by atoms with van der Waals surface area (Å²) in [6.45, 7) is 4.69. The maximum absolute atomic E-state index is 13.2. The zero-order valence-electron chi connectivity index (χ0n) is 20.9. The van der Waals surface area contributed by atoms with Crippen LogP contribution in [-0.4, -0.2) is 44.1 Å². The fourth-order valence-corrected chi connectivity index (χ4v) is 8.71. The maximum Gasteiger partial charge on any atom is 0.347 e. The van der Waals surface area contributed by atoms with Crippen molar-refractivity contribution in [3.05, 3.63) is 43.0 Å². The summed E-state index contributed by atoms with van der Waals surface area (Å²) in [6.07, 6.45) is 5.06. The molecule has 3 saturated carbocycles. The molecule has 13 heteroatoms. The van der Waals surface area contributed by atoms with Crippen molar-refractivity contribution in [3.63, 3.8) is 0 Å². The van der Waals surface area contributed by atoms with Gasteiger partial charge in [0.15, 0.2) is 5.65 Å². The minimum absolute atomic E-state index is 0.195. The third-order valence-electron chi connectivity index (χ3n) is 7.97. The molecule has 3 N–H and O–H groups in total. The predicted molar refractivity (Wildman–Crippen MR) is 139 cm³/mol. The van der Waals surface area contributed by atoms with Crippen LogP contribution in [0.5, 0.6) is 0 Å². The standard InChI is InChI=1S/C24H31N5O6S2/c1-3-12-28-18-16(19(30)29(13-4-2)22(28)33)25-21(26-18)23-6-9-24(10-7-23,11-8-23)27-37(34,35)15-5-14-36-17(15)20(31)32/h5,14,27H,3-4,6-13H2,1-2H3,(H,25,26)(H,31,32). The number of hydrogen-bond acceptors (Lipinski definition) is 7. The van der Waals surface area contributed by atoms with Crippen LogP contribution in [-0.2, 0) is 28.5 Å². The Morgan fingerprint density at radius 2 is 1.73 bits per heavy atom. The molecule has 0 saturated heterocycles. The van der Waals surface area contributed by atoms with E-state index in [1.807, 2.05) is 13.8 Å². The second-order valence-electron chi connectivity index (χ2n) is 10.3. The van der Waals surface area contributed by atoms with Gasteiger partial charge in [-0.3, -0.25) is 13.9 Å². The van der Waals surface area contributed by atoms with Crippen molar-refractivity contribution in [3.8, 4) is 0 Å². The number of hydrogen-bond donors (Lipinski definition) is 3. The molecule has 11 nitrogen and oxygen atoms in total. The lowest BCUT2D eigenvalue weighted by Crippen LogP contribution is -2.57. The van der Waals surface area contributed by atoms with Crippen LogP contribution in [0.3, 0.4) is 0 Å². The molecule has 3 aliphatic rings. The first-order valence-electron chi connectivity index (χ1n) is 12.6. The summed E-state index contributed by atoms with van der Waals surface area (Å²) >= 11 is 0.889. The highest BCUT2D eigenvalue weighted by atomic mass is 32.2. The molecule has 6 rings (SSSR count). The van der Waals surface area contributed by atoms with Crippen LogP contribution in [0.15, 0.2) is 25.9 Å². The minimum Gasteiger partial charge on any atom is -0.477 e. The third kappa shape index (κ3) is 4.16. The van der Waals surface area contributed by atoms with E-state index < -0.39 is 21.5 Å². The van der Waals surface area contributed by atoms with Crippen molar-refractivity contribution >= 4 is 38.5 Å². The number of aromatic nitrogens is 4. The van der Waals surface area contributed by atoms with E-state index in [-0.39, 0.29) is 26.4 Å². The van der Waals surface area contributed by atoms with E-state index in [1.165, 1.54) is 16.0 Å². The zero-order chi connectivity index (χ0) is 26.6. The van der Waals surface area contributed by atoms with Gasteiger partial charge in [0.2, 0.25) is 10.0 Å². The fourth-order valence-electron chi connectivity index (χ4n) is 5.96. The average Bonchev–Trinajstić information content (AvgIpc) is 3.54. The molecule has 3 heterocycles. The van der Waals surface area contributed by atoms with Gasteiger partial charge in [0.1, 0.15) is 21.1 Å². The summed E-state index contributed by atoms with van der Waals surface area (Å²) < 4.78 is 32.0. The minimum atomic E-state index is -4.00. The molecule has 3 aromatic heterocycles. The van der Waals surface area contributed by atoms with E-state index >= 15 is 0 Å². The van der Waals surface area contributed by atoms with Gasteiger partial charge in [0, 0.05) is 24.0 Å². The van der Waals surface area contributed by atoms with Crippen LogP contribution in [0.2, 0.25) is 0 Å². The molecular weight excluding hydrogens is 518 g/mol. The number of imidazole rings is 1. The summed E-state index contributed by atoms with van der Waals surface area (Å²) in [4.78, 5) is 45.4. The van der Waals surface area contributed by atoms with E-state index in [9.17, 15) is 27.9 Å². The third-order valence-corrected chi connectivity index (χ3v) is 10.6. The molecule has 0 aliphatic heterocycles. The molecule has 200 valence electrons. The maximum atomic E-state index is 13.2. The molecule has 3 fully saturated rings. The van der Waals surface area contributed by atoms with Crippen molar-refractivity contribution in [2.45, 2.75) is 94.2 Å². The van der Waals surface area contributed by atoms with E-state index in [0.717, 1.165) is 17.8 Å². The largest absolute Gasteiger partial charge is 0.477 e. The highest BCUT2D eigenvalue weighted by Gasteiger charge is 2.52. The van der Waals surface area contributed by atoms with Gasteiger partial charge in [-0.2, -0.15) is 0 Å². The Balaban J connectivity index is 1.46. The van der Waals surface area contributed by atoms with Crippen molar-refractivity contribution in [2.24, 2.45) is 0 Å². The number of carboxylic acids is 1. The number of aromatic carboxylic acids is 1. The summed E-state index contributed by atoms with van der Waals surface area (Å²) in [7, 11) is -4.00. The van der Waals surface area contributed by atoms with Gasteiger partial charge in [-0.15, -0.1) is 11.3 Å². The topological polar surface area (TPSA) is 156 Å². The molecule has 2 bridgehead atoms. The van der Waals surface area contributed by atoms with Crippen molar-refractivity contribution < 1.29 is 18.3 Å². The van der Waals surface area contributed by atoms with Crippen LogP contribution in [0, 0.1) is 0 Å². The van der Waals surface area contributed by atoms with Gasteiger partial charge in [-0.1, -0.05) is 13.8 Å². The normalized spacial score (nSPS) is 23.6. The number of sulfonamides is 1. The SMILES string of the molecule is CCCn1c(=O)c2[nH]c(C34CCC(NS(=O)(=O)c5ccsc5C(=O)O)(CC3)CC4)nc2n(CCC)c1=O. The summed E-state index contributed by atoms with van der Waals surface area (Å²) in [5.74, 6) is -0.580. The number of aryl methyl sites for hydroxylation is 1. The van der Waals surface area contributed by atoms with Crippen LogP contribution in [0.4, 0.5) is 0 Å². The van der Waals surface area contributed by atoms with Gasteiger partial charge >= 0.3 is 11.7 Å². The van der Waals surface area contributed by atoms with Gasteiger partial charge in [0.25, 0.3) is 5.56 Å². The van der Waals surface area contributed by atoms with Crippen molar-refractivity contribution in [1.82, 2.24) is 23.8 Å². The number of fused-ring (bicyclic) bond motifs is 4. The monoisotopic (exact) mass is 549 g/mol. The number of rotatable bonds is 9. The number of carboxylic acid groups (broad SMARTS) is 1. The number of nitrogens with one attached hydrogen (secondary N) is 2. The Morgan fingerprint density at radius 1 is 1.11 bits per heavy atom. The van der Waals surface area contributed by atoms with Crippen LogP contribution in [0.1, 0.15) is 80.7 Å². The molecule has 37 heavy (non-hydrogen) atoms. The lowest BCUT2D eigenvalue weighted by atomic mass is 9.57. The average molecular weight is 550 g/mol. The molecule has 0 radical (unpaired) electrons. The lowest BCUT2D eigenvalue weighted by Gasteiger charge is -2.52. The summed E-state index contributed by atoms with van der Waals surface area (Å²) in [6, 6.07) is 1.33. The Labute approximate surface area is 217 Å². The first-order chi connectivity index (χ1) is 17.6. The van der Waals surface area contributed by atoms with Gasteiger partial charge in [-0.25, -0.2) is 27.7 Å². The van der Waals surface area contributed by atoms with E-state index in [0.29, 0.717) is 75.0 Å². The zero-order valence-corrected chi connectivity index (χ0v) is 22.5. The Hall–Kier alpha value is -2.77. The molecule has 0 aromatic carbocycles. The van der Waals surface area contributed by atoms with Gasteiger partial charge < -0.3 is 10.1 Å².